The SMILES string of the molecule is CC(=O)O.O=C1C=C(CC2CCCO2)C(=O)N1. The molecule has 0 aromatic heterocycles. The van der Waals surface area contributed by atoms with Crippen molar-refractivity contribution in [1.82, 2.24) is 5.32 Å². The largest absolute Gasteiger partial charge is 0.481 e. The molecule has 2 heterocycles. The third-order valence-corrected chi connectivity index (χ3v) is 2.31. The number of imide groups is 1. The maximum atomic E-state index is 11.1. The molecule has 1 saturated heterocycles. The summed E-state index contributed by atoms with van der Waals surface area (Å²) in [6, 6.07) is 0. The molecular formula is C11H15NO5. The van der Waals surface area contributed by atoms with Gasteiger partial charge in [0.2, 0.25) is 0 Å². The van der Waals surface area contributed by atoms with Crippen LogP contribution >= 0.6 is 0 Å². The second-order valence-corrected chi connectivity index (χ2v) is 3.85. The fourth-order valence-corrected chi connectivity index (χ4v) is 1.65. The number of ether oxygens (including phenoxy) is 1. The Morgan fingerprint density at radius 1 is 1.59 bits per heavy atom. The first-order valence-corrected chi connectivity index (χ1v) is 5.36. The summed E-state index contributed by atoms with van der Waals surface area (Å²) >= 11 is 0. The highest BCUT2D eigenvalue weighted by atomic mass is 16.5. The van der Waals surface area contributed by atoms with Crippen molar-refractivity contribution < 1.29 is 24.2 Å². The van der Waals surface area contributed by atoms with Gasteiger partial charge in [0, 0.05) is 31.6 Å². The van der Waals surface area contributed by atoms with Gasteiger partial charge in [0.25, 0.3) is 17.8 Å². The average molecular weight is 241 g/mol. The fourth-order valence-electron chi connectivity index (χ4n) is 1.65. The van der Waals surface area contributed by atoms with Crippen LogP contribution in [0.25, 0.3) is 0 Å². The van der Waals surface area contributed by atoms with Crippen molar-refractivity contribution in [2.45, 2.75) is 32.3 Å². The molecule has 0 spiro atoms. The van der Waals surface area contributed by atoms with E-state index in [-0.39, 0.29) is 17.9 Å². The van der Waals surface area contributed by atoms with Crippen molar-refractivity contribution in [2.75, 3.05) is 6.61 Å². The smallest absolute Gasteiger partial charge is 0.300 e. The molecule has 1 unspecified atom stereocenters. The van der Waals surface area contributed by atoms with E-state index in [9.17, 15) is 9.59 Å². The van der Waals surface area contributed by atoms with Crippen LogP contribution in [-0.2, 0) is 19.1 Å². The molecule has 2 aliphatic rings. The van der Waals surface area contributed by atoms with Gasteiger partial charge in [0.1, 0.15) is 0 Å². The lowest BCUT2D eigenvalue weighted by atomic mass is 10.1. The third-order valence-electron chi connectivity index (χ3n) is 2.31. The molecule has 1 fully saturated rings. The zero-order chi connectivity index (χ0) is 12.8. The Balaban J connectivity index is 0.000000317. The molecule has 17 heavy (non-hydrogen) atoms. The molecule has 2 rings (SSSR count). The van der Waals surface area contributed by atoms with Crippen LogP contribution in [0.4, 0.5) is 0 Å². The maximum Gasteiger partial charge on any atom is 0.300 e. The number of aliphatic carboxylic acids is 1. The van der Waals surface area contributed by atoms with Crippen molar-refractivity contribution in [1.29, 1.82) is 0 Å². The summed E-state index contributed by atoms with van der Waals surface area (Å²) in [7, 11) is 0. The van der Waals surface area contributed by atoms with Crippen molar-refractivity contribution in [2.24, 2.45) is 0 Å². The van der Waals surface area contributed by atoms with Crippen molar-refractivity contribution in [3.63, 3.8) is 0 Å². The quantitative estimate of drug-likeness (QED) is 0.675. The first-order valence-electron chi connectivity index (χ1n) is 5.36. The molecule has 0 aromatic carbocycles. The predicted molar refractivity (Wildman–Crippen MR) is 58.1 cm³/mol. The first-order chi connectivity index (χ1) is 7.99. The molecule has 94 valence electrons. The topological polar surface area (TPSA) is 92.7 Å². The predicted octanol–water partition coefficient (Wildman–Crippen LogP) is 0.229. The van der Waals surface area contributed by atoms with Gasteiger partial charge in [-0.3, -0.25) is 19.7 Å². The molecule has 1 atom stereocenters. The number of hydrogen-bond donors (Lipinski definition) is 2. The Morgan fingerprint density at radius 3 is 2.65 bits per heavy atom. The number of hydrogen-bond acceptors (Lipinski definition) is 4. The summed E-state index contributed by atoms with van der Waals surface area (Å²) in [6.45, 7) is 1.85. The minimum atomic E-state index is -0.833. The highest BCUT2D eigenvalue weighted by molar-refractivity contribution is 6.16. The molecule has 2 amide bonds. The number of carboxylic acids is 1. The van der Waals surface area contributed by atoms with E-state index in [1.165, 1.54) is 6.08 Å². The molecule has 6 nitrogen and oxygen atoms in total. The average Bonchev–Trinajstić information content (AvgIpc) is 2.77. The molecule has 0 bridgehead atoms. The Hall–Kier alpha value is -1.69. The van der Waals surface area contributed by atoms with Gasteiger partial charge in [-0.15, -0.1) is 0 Å². The van der Waals surface area contributed by atoms with Crippen LogP contribution in [0, 0.1) is 0 Å². The van der Waals surface area contributed by atoms with E-state index >= 15 is 0 Å². The highest BCUT2D eigenvalue weighted by Crippen LogP contribution is 2.20. The molecule has 0 aliphatic carbocycles. The number of amides is 2. The zero-order valence-corrected chi connectivity index (χ0v) is 9.56. The van der Waals surface area contributed by atoms with Crippen LogP contribution in [-0.4, -0.2) is 35.6 Å². The second-order valence-electron chi connectivity index (χ2n) is 3.85. The molecule has 2 N–H and O–H groups in total. The van der Waals surface area contributed by atoms with Gasteiger partial charge in [0.15, 0.2) is 0 Å². The molecule has 0 saturated carbocycles. The van der Waals surface area contributed by atoms with Gasteiger partial charge in [-0.25, -0.2) is 0 Å². The molecular weight excluding hydrogens is 226 g/mol. The van der Waals surface area contributed by atoms with E-state index in [2.05, 4.69) is 5.32 Å². The van der Waals surface area contributed by atoms with Gasteiger partial charge in [-0.05, 0) is 12.8 Å². The summed E-state index contributed by atoms with van der Waals surface area (Å²) in [6.07, 6.45) is 4.09. The number of carbonyl (C=O) groups excluding carboxylic acids is 2. The summed E-state index contributed by atoms with van der Waals surface area (Å²) in [5.41, 5.74) is 0.553. The van der Waals surface area contributed by atoms with E-state index in [1.807, 2.05) is 0 Å². The Morgan fingerprint density at radius 2 is 2.24 bits per heavy atom. The highest BCUT2D eigenvalue weighted by Gasteiger charge is 2.25. The van der Waals surface area contributed by atoms with Crippen LogP contribution < -0.4 is 5.32 Å². The van der Waals surface area contributed by atoms with Crippen LogP contribution in [0.1, 0.15) is 26.2 Å². The van der Waals surface area contributed by atoms with Gasteiger partial charge >= 0.3 is 0 Å². The summed E-state index contributed by atoms with van der Waals surface area (Å²) in [5, 5.41) is 9.63. The van der Waals surface area contributed by atoms with Gasteiger partial charge < -0.3 is 9.84 Å². The van der Waals surface area contributed by atoms with Crippen LogP contribution in [0.15, 0.2) is 11.6 Å². The maximum absolute atomic E-state index is 11.1. The lowest BCUT2D eigenvalue weighted by Gasteiger charge is -2.07. The first kappa shape index (κ1) is 13.4. The summed E-state index contributed by atoms with van der Waals surface area (Å²) in [4.78, 5) is 30.9. The number of carbonyl (C=O) groups is 3. The molecule has 2 aliphatic heterocycles. The van der Waals surface area contributed by atoms with Crippen molar-refractivity contribution in [3.8, 4) is 0 Å². The van der Waals surface area contributed by atoms with Crippen molar-refractivity contribution in [3.05, 3.63) is 11.6 Å². The normalized spacial score (nSPS) is 22.6. The third kappa shape index (κ3) is 4.78. The Kier molecular flexibility index (Phi) is 4.84. The monoisotopic (exact) mass is 241 g/mol. The number of nitrogens with one attached hydrogen (secondary N) is 1. The Bertz CT molecular complexity index is 351. The summed E-state index contributed by atoms with van der Waals surface area (Å²) in [5.74, 6) is -1.40. The molecule has 6 heteroatoms. The minimum Gasteiger partial charge on any atom is -0.481 e. The Labute approximate surface area is 98.6 Å². The second kappa shape index (κ2) is 6.15. The van der Waals surface area contributed by atoms with Crippen LogP contribution in [0.5, 0.6) is 0 Å². The van der Waals surface area contributed by atoms with Crippen LogP contribution in [0.2, 0.25) is 0 Å². The number of carboxylic acid groups (broad SMARTS) is 1. The van der Waals surface area contributed by atoms with E-state index in [0.29, 0.717) is 12.0 Å². The van der Waals surface area contributed by atoms with Crippen molar-refractivity contribution >= 4 is 17.8 Å². The standard InChI is InChI=1S/C9H11NO3.C2H4O2/c11-8-5-6(9(12)10-8)4-7-2-1-3-13-7;1-2(3)4/h5,7H,1-4H2,(H,10,11,12);1H3,(H,3,4). The summed E-state index contributed by atoms with van der Waals surface area (Å²) < 4.78 is 5.37. The van der Waals surface area contributed by atoms with E-state index in [1.54, 1.807) is 0 Å². The van der Waals surface area contributed by atoms with Gasteiger partial charge in [-0.1, -0.05) is 0 Å². The van der Waals surface area contributed by atoms with E-state index in [0.717, 1.165) is 26.4 Å². The minimum absolute atomic E-state index is 0.128. The fraction of sp³-hybridized carbons (Fsp3) is 0.545. The van der Waals surface area contributed by atoms with E-state index < -0.39 is 5.97 Å². The lowest BCUT2D eigenvalue weighted by Crippen LogP contribution is -2.23. The van der Waals surface area contributed by atoms with Gasteiger partial charge in [-0.2, -0.15) is 0 Å². The number of rotatable bonds is 2. The van der Waals surface area contributed by atoms with E-state index in [4.69, 9.17) is 14.6 Å². The van der Waals surface area contributed by atoms with Gasteiger partial charge in [0.05, 0.1) is 6.10 Å². The van der Waals surface area contributed by atoms with Crippen LogP contribution in [0.3, 0.4) is 0 Å². The molecule has 0 radical (unpaired) electrons. The zero-order valence-electron chi connectivity index (χ0n) is 9.56. The lowest BCUT2D eigenvalue weighted by molar-refractivity contribution is -0.134. The molecule has 0 aromatic rings.